The zero-order chi connectivity index (χ0) is 18.4. The summed E-state index contributed by atoms with van der Waals surface area (Å²) >= 11 is 5.41. The van der Waals surface area contributed by atoms with E-state index in [1.807, 2.05) is 12.1 Å². The summed E-state index contributed by atoms with van der Waals surface area (Å²) in [6.45, 7) is 3.10. The van der Waals surface area contributed by atoms with Crippen LogP contribution in [0.1, 0.15) is 24.4 Å². The Morgan fingerprint density at radius 1 is 1.12 bits per heavy atom. The number of anilines is 1. The highest BCUT2D eigenvalue weighted by atomic mass is 32.1. The van der Waals surface area contributed by atoms with Crippen molar-refractivity contribution in [3.8, 4) is 5.75 Å². The average Bonchev–Trinajstić information content (AvgIpc) is 3.19. The van der Waals surface area contributed by atoms with Crippen LogP contribution in [-0.2, 0) is 0 Å². The highest BCUT2D eigenvalue weighted by Gasteiger charge is 2.27. The number of methoxy groups -OCH3 is 1. The first-order valence-corrected chi connectivity index (χ1v) is 9.35. The highest BCUT2D eigenvalue weighted by Crippen LogP contribution is 2.16. The van der Waals surface area contributed by atoms with Gasteiger partial charge in [-0.05, 0) is 60.7 Å². The molecule has 1 atom stereocenters. The normalized spacial score (nSPS) is 15.5. The molecular weight excluding hydrogens is 349 g/mol. The molecule has 0 aromatic heterocycles. The van der Waals surface area contributed by atoms with Gasteiger partial charge in [-0.2, -0.15) is 0 Å². The number of hydrogen-bond donors (Lipinski definition) is 3. The molecule has 1 heterocycles. The Labute approximate surface area is 159 Å². The van der Waals surface area contributed by atoms with E-state index in [0.717, 1.165) is 18.0 Å². The van der Waals surface area contributed by atoms with E-state index >= 15 is 0 Å². The standard InChI is InChI=1S/C20H24FN3OS/c1-25-18-10-4-15(5-11-18)19(24-12-2-3-13-24)14-22-20(26)23-17-8-6-16(21)7-9-17/h4-11,19H,2-3,12-14H2,1H3,(H2,22,23,26)/p+1/t19-/m1/s1. The van der Waals surface area contributed by atoms with Gasteiger partial charge in [0.15, 0.2) is 5.11 Å². The molecule has 1 aliphatic rings. The molecule has 0 radical (unpaired) electrons. The van der Waals surface area contributed by atoms with Crippen LogP contribution in [0, 0.1) is 5.82 Å². The predicted octanol–water partition coefficient (Wildman–Crippen LogP) is 2.54. The van der Waals surface area contributed by atoms with Crippen LogP contribution in [0.3, 0.4) is 0 Å². The quantitative estimate of drug-likeness (QED) is 0.680. The second-order valence-electron chi connectivity index (χ2n) is 6.53. The van der Waals surface area contributed by atoms with Crippen molar-refractivity contribution in [1.82, 2.24) is 5.32 Å². The maximum Gasteiger partial charge on any atom is 0.171 e. The van der Waals surface area contributed by atoms with Gasteiger partial charge >= 0.3 is 0 Å². The number of ether oxygens (including phenoxy) is 1. The third-order valence-corrected chi connectivity index (χ3v) is 5.07. The van der Waals surface area contributed by atoms with Crippen molar-refractivity contribution in [2.24, 2.45) is 0 Å². The second kappa shape index (κ2) is 8.96. The number of benzene rings is 2. The van der Waals surface area contributed by atoms with Crippen LogP contribution in [-0.4, -0.2) is 31.9 Å². The van der Waals surface area contributed by atoms with E-state index in [1.54, 1.807) is 24.1 Å². The van der Waals surface area contributed by atoms with E-state index in [1.165, 1.54) is 43.6 Å². The van der Waals surface area contributed by atoms with Crippen LogP contribution in [0.4, 0.5) is 10.1 Å². The first kappa shape index (κ1) is 18.6. The van der Waals surface area contributed by atoms with E-state index < -0.39 is 0 Å². The molecule has 3 rings (SSSR count). The van der Waals surface area contributed by atoms with Crippen molar-refractivity contribution in [3.05, 3.63) is 59.9 Å². The lowest BCUT2D eigenvalue weighted by molar-refractivity contribution is -0.918. The molecule has 0 aliphatic carbocycles. The van der Waals surface area contributed by atoms with Crippen molar-refractivity contribution >= 4 is 23.0 Å². The number of quaternary nitrogens is 1. The van der Waals surface area contributed by atoms with Crippen LogP contribution < -0.4 is 20.3 Å². The van der Waals surface area contributed by atoms with Crippen LogP contribution >= 0.6 is 12.2 Å². The van der Waals surface area contributed by atoms with E-state index in [2.05, 4.69) is 22.8 Å². The molecule has 4 nitrogen and oxygen atoms in total. The Balaban J connectivity index is 1.63. The molecule has 0 amide bonds. The van der Waals surface area contributed by atoms with Crippen LogP contribution in [0.2, 0.25) is 0 Å². The molecule has 6 heteroatoms. The maximum absolute atomic E-state index is 13.0. The summed E-state index contributed by atoms with van der Waals surface area (Å²) in [5.41, 5.74) is 2.05. The summed E-state index contributed by atoms with van der Waals surface area (Å²) in [6, 6.07) is 14.8. The Hall–Kier alpha value is -2.18. The molecule has 1 saturated heterocycles. The summed E-state index contributed by atoms with van der Waals surface area (Å²) in [4.78, 5) is 1.58. The van der Waals surface area contributed by atoms with Crippen molar-refractivity contribution in [3.63, 3.8) is 0 Å². The van der Waals surface area contributed by atoms with Gasteiger partial charge in [-0.3, -0.25) is 0 Å². The summed E-state index contributed by atoms with van der Waals surface area (Å²) in [5, 5.41) is 6.98. The largest absolute Gasteiger partial charge is 0.497 e. The van der Waals surface area contributed by atoms with Gasteiger partial charge in [-0.15, -0.1) is 0 Å². The van der Waals surface area contributed by atoms with E-state index in [9.17, 15) is 4.39 Å². The summed E-state index contributed by atoms with van der Waals surface area (Å²) in [5.74, 6) is 0.608. The molecule has 0 saturated carbocycles. The minimum absolute atomic E-state index is 0.258. The lowest BCUT2D eigenvalue weighted by Gasteiger charge is -2.26. The molecule has 0 spiro atoms. The second-order valence-corrected chi connectivity index (χ2v) is 6.94. The van der Waals surface area contributed by atoms with Gasteiger partial charge in [0.05, 0.1) is 26.7 Å². The molecule has 1 fully saturated rings. The first-order valence-electron chi connectivity index (χ1n) is 8.94. The van der Waals surface area contributed by atoms with Crippen molar-refractivity contribution in [2.75, 3.05) is 32.1 Å². The lowest BCUT2D eigenvalue weighted by atomic mass is 10.1. The molecule has 1 aliphatic heterocycles. The molecule has 138 valence electrons. The zero-order valence-corrected chi connectivity index (χ0v) is 15.7. The lowest BCUT2D eigenvalue weighted by Crippen LogP contribution is -3.11. The molecule has 2 aromatic carbocycles. The number of thiocarbonyl (C=S) groups is 1. The zero-order valence-electron chi connectivity index (χ0n) is 14.9. The smallest absolute Gasteiger partial charge is 0.171 e. The first-order chi connectivity index (χ1) is 12.7. The topological polar surface area (TPSA) is 37.7 Å². The predicted molar refractivity (Wildman–Crippen MR) is 106 cm³/mol. The van der Waals surface area contributed by atoms with E-state index in [4.69, 9.17) is 17.0 Å². The Morgan fingerprint density at radius 3 is 2.38 bits per heavy atom. The van der Waals surface area contributed by atoms with Gasteiger partial charge < -0.3 is 20.3 Å². The fraction of sp³-hybridized carbons (Fsp3) is 0.350. The van der Waals surface area contributed by atoms with Crippen molar-refractivity contribution < 1.29 is 14.0 Å². The van der Waals surface area contributed by atoms with E-state index in [0.29, 0.717) is 11.2 Å². The Morgan fingerprint density at radius 2 is 1.77 bits per heavy atom. The SMILES string of the molecule is COc1ccc([C@@H](CNC(=S)Nc2ccc(F)cc2)[NH+]2CCCC2)cc1. The molecule has 3 N–H and O–H groups in total. The van der Waals surface area contributed by atoms with Crippen molar-refractivity contribution in [2.45, 2.75) is 18.9 Å². The van der Waals surface area contributed by atoms with Gasteiger partial charge in [0.1, 0.15) is 17.6 Å². The number of nitrogens with one attached hydrogen (secondary N) is 3. The fourth-order valence-corrected chi connectivity index (χ4v) is 3.62. The van der Waals surface area contributed by atoms with Gasteiger partial charge in [0.25, 0.3) is 0 Å². The fourth-order valence-electron chi connectivity index (χ4n) is 3.41. The molecule has 2 aromatic rings. The third kappa shape index (κ3) is 4.93. The number of hydrogen-bond acceptors (Lipinski definition) is 2. The van der Waals surface area contributed by atoms with Crippen molar-refractivity contribution in [1.29, 1.82) is 0 Å². The molecule has 0 unspecified atom stereocenters. The number of likely N-dealkylation sites (tertiary alicyclic amines) is 1. The number of halogens is 1. The van der Waals surface area contributed by atoms with Gasteiger partial charge in [-0.25, -0.2) is 4.39 Å². The minimum Gasteiger partial charge on any atom is -0.497 e. The maximum atomic E-state index is 13.0. The van der Waals surface area contributed by atoms with E-state index in [-0.39, 0.29) is 5.82 Å². The van der Waals surface area contributed by atoms with Gasteiger partial charge in [0.2, 0.25) is 0 Å². The summed E-state index contributed by atoms with van der Waals surface area (Å²) in [7, 11) is 1.68. The van der Waals surface area contributed by atoms with Gasteiger partial charge in [0, 0.05) is 24.1 Å². The average molecular weight is 375 g/mol. The summed E-state index contributed by atoms with van der Waals surface area (Å²) in [6.07, 6.45) is 2.53. The highest BCUT2D eigenvalue weighted by molar-refractivity contribution is 7.80. The van der Waals surface area contributed by atoms with Gasteiger partial charge in [-0.1, -0.05) is 0 Å². The van der Waals surface area contributed by atoms with Crippen LogP contribution in [0.25, 0.3) is 0 Å². The number of rotatable bonds is 6. The summed E-state index contributed by atoms with van der Waals surface area (Å²) < 4.78 is 18.3. The molecule has 0 bridgehead atoms. The molecular formula is C20H25FN3OS+. The van der Waals surface area contributed by atoms with Crippen LogP contribution in [0.15, 0.2) is 48.5 Å². The molecule has 26 heavy (non-hydrogen) atoms. The Bertz CT molecular complexity index is 715. The monoisotopic (exact) mass is 374 g/mol. The van der Waals surface area contributed by atoms with Crippen LogP contribution in [0.5, 0.6) is 5.75 Å². The third-order valence-electron chi connectivity index (χ3n) is 4.83. The Kier molecular flexibility index (Phi) is 6.41. The minimum atomic E-state index is -0.258.